The van der Waals surface area contributed by atoms with E-state index in [1.807, 2.05) is 6.92 Å². The van der Waals surface area contributed by atoms with Gasteiger partial charge in [0.25, 0.3) is 0 Å². The van der Waals surface area contributed by atoms with Crippen LogP contribution in [0.4, 0.5) is 11.4 Å². The molecule has 0 saturated carbocycles. The maximum Gasteiger partial charge on any atom is 0.230 e. The van der Waals surface area contributed by atoms with E-state index in [2.05, 4.69) is 10.6 Å². The summed E-state index contributed by atoms with van der Waals surface area (Å²) in [5.74, 6) is 2.91. The molecule has 0 bridgehead atoms. The van der Waals surface area contributed by atoms with Crippen molar-refractivity contribution in [1.82, 2.24) is 0 Å². The number of nitrogens with one attached hydrogen (secondary N) is 2. The molecular weight excluding hydrogens is 613 g/mol. The molecule has 5 aromatic carbocycles. The van der Waals surface area contributed by atoms with Crippen LogP contribution < -0.4 is 40.4 Å². The molecule has 3 aliphatic rings. The van der Waals surface area contributed by atoms with E-state index in [-0.39, 0.29) is 34.6 Å². The zero-order chi connectivity index (χ0) is 31.5. The molecule has 0 spiro atoms. The molecule has 230 valence electrons. The molecule has 0 amide bonds. The Kier molecular flexibility index (Phi) is 6.28. The molecule has 5 aromatic rings. The van der Waals surface area contributed by atoms with Crippen LogP contribution in [0.2, 0.25) is 0 Å². The third-order valence-electron chi connectivity index (χ3n) is 9.33. The number of methoxy groups -OCH3 is 4. The summed E-state index contributed by atoms with van der Waals surface area (Å²) in [5, 5.41) is 12.1. The van der Waals surface area contributed by atoms with Crippen LogP contribution in [0.25, 0.3) is 48.7 Å². The summed E-state index contributed by atoms with van der Waals surface area (Å²) in [6, 6.07) is 0. The number of Topliss-reactive ketones (excluding diaryl/α,β-unsaturated/α-hetero) is 1. The van der Waals surface area contributed by atoms with E-state index in [4.69, 9.17) is 18.9 Å². The van der Waals surface area contributed by atoms with Gasteiger partial charge in [-0.1, -0.05) is 5.57 Å². The van der Waals surface area contributed by atoms with E-state index in [9.17, 15) is 14.4 Å². The molecule has 0 unspecified atom stereocenters. The van der Waals surface area contributed by atoms with E-state index < -0.39 is 0 Å². The Morgan fingerprint density at radius 3 is 1.62 bits per heavy atom. The maximum atomic E-state index is 14.7. The Morgan fingerprint density at radius 1 is 0.644 bits per heavy atom. The molecule has 8 rings (SSSR count). The number of carbonyl (C=O) groups is 1. The van der Waals surface area contributed by atoms with Crippen molar-refractivity contribution in [3.63, 3.8) is 0 Å². The van der Waals surface area contributed by atoms with Crippen molar-refractivity contribution >= 4 is 89.3 Å². The number of rotatable bonds is 5. The fourth-order valence-corrected chi connectivity index (χ4v) is 9.95. The molecule has 11 heteroatoms. The van der Waals surface area contributed by atoms with E-state index >= 15 is 0 Å². The Hall–Kier alpha value is -4.09. The first-order valence-electron chi connectivity index (χ1n) is 14.7. The molecule has 0 saturated heterocycles. The second-order valence-corrected chi connectivity index (χ2v) is 13.7. The molecule has 45 heavy (non-hydrogen) atoms. The summed E-state index contributed by atoms with van der Waals surface area (Å²) >= 11 is 3.25. The van der Waals surface area contributed by atoms with E-state index in [0.29, 0.717) is 90.4 Å². The molecule has 1 aliphatic carbocycles. The van der Waals surface area contributed by atoms with Crippen LogP contribution in [-0.2, 0) is 11.2 Å². The van der Waals surface area contributed by atoms with Crippen LogP contribution in [-0.4, -0.2) is 58.8 Å². The third kappa shape index (κ3) is 3.40. The van der Waals surface area contributed by atoms with Gasteiger partial charge in [-0.3, -0.25) is 14.4 Å². The van der Waals surface area contributed by atoms with Crippen molar-refractivity contribution < 1.29 is 23.7 Å². The number of hydrogen-bond donors (Lipinski definition) is 2. The van der Waals surface area contributed by atoms with Crippen molar-refractivity contribution in [3.8, 4) is 23.0 Å². The second-order valence-electron chi connectivity index (χ2n) is 11.5. The molecule has 0 aromatic heterocycles. The zero-order valence-electron chi connectivity index (χ0n) is 25.7. The van der Waals surface area contributed by atoms with Gasteiger partial charge in [0.2, 0.25) is 10.9 Å². The summed E-state index contributed by atoms with van der Waals surface area (Å²) in [5.41, 5.74) is 3.09. The molecular formula is C34H30N2O7S2. The maximum absolute atomic E-state index is 14.7. The summed E-state index contributed by atoms with van der Waals surface area (Å²) in [6.07, 6.45) is 0.276. The highest BCUT2D eigenvalue weighted by atomic mass is 32.2. The topological polar surface area (TPSA) is 112 Å². The summed E-state index contributed by atoms with van der Waals surface area (Å²) in [6.45, 7) is 4.71. The quantitative estimate of drug-likeness (QED) is 0.177. The first-order chi connectivity index (χ1) is 21.8. The predicted octanol–water partition coefficient (Wildman–Crippen LogP) is 5.88. The third-order valence-corrected chi connectivity index (χ3v) is 11.5. The number of hydrogen-bond acceptors (Lipinski definition) is 11. The monoisotopic (exact) mass is 642 g/mol. The van der Waals surface area contributed by atoms with Gasteiger partial charge in [-0.2, -0.15) is 0 Å². The number of ether oxygens (including phenoxy) is 4. The minimum atomic E-state index is -0.309. The SMILES string of the molecule is COc1c2c3c4c(c(OC)c(=O)c5c6c(c(OC)c(c7c(OC)c8c(c(c1=O)c37)NCCS8)c54)SCCN6)C(C(C)=O)=C(C)C2. The van der Waals surface area contributed by atoms with Gasteiger partial charge in [-0.05, 0) is 25.7 Å². The highest BCUT2D eigenvalue weighted by Gasteiger charge is 2.38. The minimum absolute atomic E-state index is 0.103. The van der Waals surface area contributed by atoms with Crippen molar-refractivity contribution in [2.75, 3.05) is 63.7 Å². The zero-order valence-corrected chi connectivity index (χ0v) is 27.3. The number of benzene rings is 5. The normalized spacial score (nSPS) is 15.7. The van der Waals surface area contributed by atoms with E-state index in [1.54, 1.807) is 37.7 Å². The van der Waals surface area contributed by atoms with Crippen molar-refractivity contribution in [2.24, 2.45) is 0 Å². The minimum Gasteiger partial charge on any atom is -0.495 e. The van der Waals surface area contributed by atoms with Crippen LogP contribution in [0.3, 0.4) is 0 Å². The van der Waals surface area contributed by atoms with Crippen molar-refractivity contribution in [2.45, 2.75) is 30.1 Å². The van der Waals surface area contributed by atoms with Gasteiger partial charge >= 0.3 is 0 Å². The van der Waals surface area contributed by atoms with Crippen molar-refractivity contribution in [3.05, 3.63) is 37.1 Å². The van der Waals surface area contributed by atoms with Gasteiger partial charge < -0.3 is 29.6 Å². The largest absolute Gasteiger partial charge is 0.495 e. The van der Waals surface area contributed by atoms with Gasteiger partial charge in [-0.15, -0.1) is 23.5 Å². The lowest BCUT2D eigenvalue weighted by molar-refractivity contribution is -0.111. The average molecular weight is 643 g/mol. The highest BCUT2D eigenvalue weighted by Crippen LogP contribution is 2.60. The van der Waals surface area contributed by atoms with Crippen LogP contribution in [0.5, 0.6) is 23.0 Å². The van der Waals surface area contributed by atoms with Gasteiger partial charge in [0.15, 0.2) is 17.3 Å². The average Bonchev–Trinajstić information content (AvgIpc) is 3.17. The summed E-state index contributed by atoms with van der Waals surface area (Å²) < 4.78 is 24.4. The Labute approximate surface area is 266 Å². The van der Waals surface area contributed by atoms with Crippen LogP contribution in [0, 0.1) is 0 Å². The fourth-order valence-electron chi connectivity index (χ4n) is 7.87. The number of fused-ring (bicyclic) bond motifs is 5. The number of carbonyl (C=O) groups excluding carboxylic acids is 1. The second kappa shape index (κ2) is 9.95. The molecule has 0 radical (unpaired) electrons. The smallest absolute Gasteiger partial charge is 0.230 e. The lowest BCUT2D eigenvalue weighted by atomic mass is 9.82. The molecule has 2 aliphatic heterocycles. The first-order valence-corrected chi connectivity index (χ1v) is 16.7. The van der Waals surface area contributed by atoms with Crippen molar-refractivity contribution in [1.29, 1.82) is 0 Å². The number of ketones is 1. The number of anilines is 2. The molecule has 2 heterocycles. The van der Waals surface area contributed by atoms with Gasteiger partial charge in [0.05, 0.1) is 60.4 Å². The lowest BCUT2D eigenvalue weighted by Gasteiger charge is -2.30. The van der Waals surface area contributed by atoms with Gasteiger partial charge in [-0.25, -0.2) is 0 Å². The molecule has 9 nitrogen and oxygen atoms in total. The Morgan fingerprint density at radius 2 is 1.13 bits per heavy atom. The summed E-state index contributed by atoms with van der Waals surface area (Å²) in [4.78, 5) is 44.5. The molecule has 0 fully saturated rings. The standard InChI is InChI=1S/C34H30N2O7S2/c1-12-11-14-16-17-19-22(21-18(16)23(27(38)29(14)40-3)25-33(31(21)42-5)44-9-7-35-25)32(43-6)34-26(36-8-10-45-34)24(19)28(39)30(41-4)20(17)15(12)13(2)37/h35-36H,7-11H2,1-6H3. The van der Waals surface area contributed by atoms with Crippen LogP contribution in [0.15, 0.2) is 25.0 Å². The number of allylic oxidation sites excluding steroid dienone is 2. The lowest BCUT2D eigenvalue weighted by Crippen LogP contribution is -2.19. The van der Waals surface area contributed by atoms with Gasteiger partial charge in [0.1, 0.15) is 11.5 Å². The highest BCUT2D eigenvalue weighted by molar-refractivity contribution is 8.00. The van der Waals surface area contributed by atoms with Gasteiger partial charge in [0, 0.05) is 68.2 Å². The Bertz CT molecular complexity index is 2330. The van der Waals surface area contributed by atoms with Crippen LogP contribution in [0.1, 0.15) is 25.0 Å². The molecule has 2 N–H and O–H groups in total. The first kappa shape index (κ1) is 28.4. The number of thioether (sulfide) groups is 2. The van der Waals surface area contributed by atoms with E-state index in [0.717, 1.165) is 32.3 Å². The Balaban J connectivity index is 1.88. The predicted molar refractivity (Wildman–Crippen MR) is 183 cm³/mol. The molecule has 0 atom stereocenters. The van der Waals surface area contributed by atoms with Crippen LogP contribution >= 0.6 is 23.5 Å². The summed E-state index contributed by atoms with van der Waals surface area (Å²) in [7, 11) is 6.25. The van der Waals surface area contributed by atoms with E-state index in [1.165, 1.54) is 21.1 Å². The fraction of sp³-hybridized carbons (Fsp3) is 0.324.